The standard InChI is InChI=1S/C12H15F2N3O.HI/c1-18-8-4-2-7(3-5-8)16-12(15)17-10-6-9(10)11(13)14;/h2-5,9-11H,6H2,1H3,(H3,15,16,17);1H/t9-,10-;/m0./s1. The minimum Gasteiger partial charge on any atom is -0.497 e. The van der Waals surface area contributed by atoms with Crippen molar-refractivity contribution in [3.63, 3.8) is 0 Å². The SMILES string of the molecule is COc1ccc(NC(N)=N[C@H]2C[C@@H]2C(F)F)cc1.I. The van der Waals surface area contributed by atoms with Crippen LogP contribution >= 0.6 is 24.0 Å². The first-order valence-electron chi connectivity index (χ1n) is 5.62. The first kappa shape index (κ1) is 15.9. The van der Waals surface area contributed by atoms with Gasteiger partial charge in [0.25, 0.3) is 0 Å². The van der Waals surface area contributed by atoms with E-state index in [0.29, 0.717) is 6.42 Å². The molecule has 7 heteroatoms. The number of guanidine groups is 1. The number of nitrogens with zero attached hydrogens (tertiary/aromatic N) is 1. The summed E-state index contributed by atoms with van der Waals surface area (Å²) in [6.45, 7) is 0. The molecule has 1 saturated carbocycles. The Labute approximate surface area is 127 Å². The molecule has 0 unspecified atom stereocenters. The van der Waals surface area contributed by atoms with Crippen LogP contribution in [0.2, 0.25) is 0 Å². The smallest absolute Gasteiger partial charge is 0.243 e. The number of hydrogen-bond donors (Lipinski definition) is 2. The molecule has 0 saturated heterocycles. The molecular weight excluding hydrogens is 367 g/mol. The molecule has 1 aliphatic carbocycles. The highest BCUT2D eigenvalue weighted by Gasteiger charge is 2.44. The molecule has 1 aromatic rings. The monoisotopic (exact) mass is 383 g/mol. The van der Waals surface area contributed by atoms with Crippen LogP contribution in [0.5, 0.6) is 5.75 Å². The minimum absolute atomic E-state index is 0. The van der Waals surface area contributed by atoms with Gasteiger partial charge in [0.15, 0.2) is 5.96 Å². The molecule has 0 amide bonds. The van der Waals surface area contributed by atoms with Gasteiger partial charge in [-0.05, 0) is 30.7 Å². The van der Waals surface area contributed by atoms with E-state index < -0.39 is 12.3 Å². The van der Waals surface area contributed by atoms with Gasteiger partial charge in [0, 0.05) is 11.6 Å². The van der Waals surface area contributed by atoms with E-state index in [2.05, 4.69) is 10.3 Å². The summed E-state index contributed by atoms with van der Waals surface area (Å²) in [7, 11) is 1.58. The highest BCUT2D eigenvalue weighted by atomic mass is 127. The summed E-state index contributed by atoms with van der Waals surface area (Å²) in [5.41, 5.74) is 6.38. The van der Waals surface area contributed by atoms with Gasteiger partial charge in [0.05, 0.1) is 13.2 Å². The third kappa shape index (κ3) is 4.48. The number of alkyl halides is 2. The predicted molar refractivity (Wildman–Crippen MR) is 81.6 cm³/mol. The van der Waals surface area contributed by atoms with E-state index in [-0.39, 0.29) is 36.0 Å². The number of nitrogens with one attached hydrogen (secondary N) is 1. The number of methoxy groups -OCH3 is 1. The fourth-order valence-corrected chi connectivity index (χ4v) is 1.65. The Morgan fingerprint density at radius 1 is 1.42 bits per heavy atom. The van der Waals surface area contributed by atoms with Crippen molar-refractivity contribution in [3.8, 4) is 5.75 Å². The van der Waals surface area contributed by atoms with E-state index in [4.69, 9.17) is 10.5 Å². The zero-order valence-electron chi connectivity index (χ0n) is 10.3. The molecule has 19 heavy (non-hydrogen) atoms. The second-order valence-corrected chi connectivity index (χ2v) is 4.17. The Kier molecular flexibility index (Phi) is 5.77. The van der Waals surface area contributed by atoms with Crippen LogP contribution in [-0.4, -0.2) is 25.5 Å². The maximum atomic E-state index is 12.3. The lowest BCUT2D eigenvalue weighted by molar-refractivity contribution is 0.121. The number of anilines is 1. The minimum atomic E-state index is -2.31. The molecule has 0 radical (unpaired) electrons. The zero-order valence-corrected chi connectivity index (χ0v) is 12.7. The van der Waals surface area contributed by atoms with Crippen molar-refractivity contribution in [2.24, 2.45) is 16.6 Å². The largest absolute Gasteiger partial charge is 0.497 e. The summed E-state index contributed by atoms with van der Waals surface area (Å²) >= 11 is 0. The molecule has 0 aromatic heterocycles. The van der Waals surface area contributed by atoms with Gasteiger partial charge in [0.1, 0.15) is 5.75 Å². The van der Waals surface area contributed by atoms with Gasteiger partial charge in [-0.2, -0.15) is 0 Å². The number of benzene rings is 1. The predicted octanol–water partition coefficient (Wildman–Crippen LogP) is 2.69. The number of rotatable bonds is 4. The van der Waals surface area contributed by atoms with Crippen LogP contribution in [0.15, 0.2) is 29.3 Å². The number of aliphatic imine (C=N–C) groups is 1. The van der Waals surface area contributed by atoms with E-state index in [1.165, 1.54) is 0 Å². The molecule has 1 aromatic carbocycles. The molecule has 2 rings (SSSR count). The third-order valence-electron chi connectivity index (χ3n) is 2.80. The van der Waals surface area contributed by atoms with Crippen molar-refractivity contribution >= 4 is 35.6 Å². The topological polar surface area (TPSA) is 59.6 Å². The lowest BCUT2D eigenvalue weighted by Gasteiger charge is -2.06. The van der Waals surface area contributed by atoms with Crippen LogP contribution in [0.3, 0.4) is 0 Å². The quantitative estimate of drug-likeness (QED) is 0.478. The molecule has 106 valence electrons. The van der Waals surface area contributed by atoms with E-state index >= 15 is 0 Å². The molecule has 1 aliphatic rings. The van der Waals surface area contributed by atoms with Gasteiger partial charge >= 0.3 is 0 Å². The zero-order chi connectivity index (χ0) is 13.1. The molecule has 3 N–H and O–H groups in total. The van der Waals surface area contributed by atoms with Crippen molar-refractivity contribution in [3.05, 3.63) is 24.3 Å². The van der Waals surface area contributed by atoms with E-state index in [1.807, 2.05) is 0 Å². The number of ether oxygens (including phenoxy) is 1. The molecular formula is C12H16F2IN3O. The van der Waals surface area contributed by atoms with Gasteiger partial charge in [-0.25, -0.2) is 13.8 Å². The molecule has 4 nitrogen and oxygen atoms in total. The van der Waals surface area contributed by atoms with Gasteiger partial charge in [-0.15, -0.1) is 24.0 Å². The second-order valence-electron chi connectivity index (χ2n) is 4.17. The van der Waals surface area contributed by atoms with Crippen LogP contribution in [0.4, 0.5) is 14.5 Å². The fourth-order valence-electron chi connectivity index (χ4n) is 1.65. The van der Waals surface area contributed by atoms with Crippen LogP contribution in [-0.2, 0) is 0 Å². The Morgan fingerprint density at radius 3 is 2.53 bits per heavy atom. The number of nitrogens with two attached hydrogens (primary N) is 1. The maximum absolute atomic E-state index is 12.3. The average Bonchev–Trinajstić information content (AvgIpc) is 3.09. The van der Waals surface area contributed by atoms with Crippen molar-refractivity contribution in [2.45, 2.75) is 18.9 Å². The van der Waals surface area contributed by atoms with Crippen LogP contribution in [0.25, 0.3) is 0 Å². The van der Waals surface area contributed by atoms with Gasteiger partial charge < -0.3 is 15.8 Å². The van der Waals surface area contributed by atoms with E-state index in [0.717, 1.165) is 11.4 Å². The first-order chi connectivity index (χ1) is 8.60. The van der Waals surface area contributed by atoms with Crippen LogP contribution in [0.1, 0.15) is 6.42 Å². The summed E-state index contributed by atoms with van der Waals surface area (Å²) in [5.74, 6) is 0.255. The molecule has 0 bridgehead atoms. The Balaban J connectivity index is 0.00000180. The van der Waals surface area contributed by atoms with E-state index in [9.17, 15) is 8.78 Å². The normalized spacial score (nSPS) is 21.8. The Hall–Kier alpha value is -1.12. The third-order valence-corrected chi connectivity index (χ3v) is 2.80. The van der Waals surface area contributed by atoms with Gasteiger partial charge in [-0.3, -0.25) is 0 Å². The lowest BCUT2D eigenvalue weighted by atomic mass is 10.3. The highest BCUT2D eigenvalue weighted by molar-refractivity contribution is 14.0. The van der Waals surface area contributed by atoms with Gasteiger partial charge in [-0.1, -0.05) is 0 Å². The van der Waals surface area contributed by atoms with Crippen molar-refractivity contribution in [2.75, 3.05) is 12.4 Å². The van der Waals surface area contributed by atoms with Crippen LogP contribution in [0, 0.1) is 5.92 Å². The first-order valence-corrected chi connectivity index (χ1v) is 5.62. The Bertz CT molecular complexity index is 439. The molecule has 1 fully saturated rings. The summed E-state index contributed by atoms with van der Waals surface area (Å²) in [6, 6.07) is 6.75. The summed E-state index contributed by atoms with van der Waals surface area (Å²) < 4.78 is 29.6. The van der Waals surface area contributed by atoms with Crippen LogP contribution < -0.4 is 15.8 Å². The molecule has 0 heterocycles. The fraction of sp³-hybridized carbons (Fsp3) is 0.417. The lowest BCUT2D eigenvalue weighted by Crippen LogP contribution is -2.23. The second kappa shape index (κ2) is 6.88. The average molecular weight is 383 g/mol. The maximum Gasteiger partial charge on any atom is 0.243 e. The highest BCUT2D eigenvalue weighted by Crippen LogP contribution is 2.38. The van der Waals surface area contributed by atoms with Crippen molar-refractivity contribution in [1.82, 2.24) is 0 Å². The summed E-state index contributed by atoms with van der Waals surface area (Å²) in [6.07, 6.45) is -1.91. The Morgan fingerprint density at radius 2 is 2.05 bits per heavy atom. The number of halogens is 3. The molecule has 0 spiro atoms. The van der Waals surface area contributed by atoms with Crippen molar-refractivity contribution < 1.29 is 13.5 Å². The summed E-state index contributed by atoms with van der Waals surface area (Å²) in [5, 5.41) is 2.85. The summed E-state index contributed by atoms with van der Waals surface area (Å²) in [4.78, 5) is 4.00. The molecule has 0 aliphatic heterocycles. The number of hydrogen-bond acceptors (Lipinski definition) is 2. The molecule has 2 atom stereocenters. The van der Waals surface area contributed by atoms with Gasteiger partial charge in [0.2, 0.25) is 6.43 Å². The van der Waals surface area contributed by atoms with Crippen molar-refractivity contribution in [1.29, 1.82) is 0 Å². The van der Waals surface area contributed by atoms with E-state index in [1.54, 1.807) is 31.4 Å².